The minimum absolute atomic E-state index is 0.0295. The van der Waals surface area contributed by atoms with Crippen molar-refractivity contribution in [2.45, 2.75) is 32.5 Å². The molecular weight excluding hydrogens is 375 g/mol. The van der Waals surface area contributed by atoms with Crippen LogP contribution in [0.4, 0.5) is 0 Å². The molecule has 0 amide bonds. The summed E-state index contributed by atoms with van der Waals surface area (Å²) in [7, 11) is -3.13. The number of nitrogens with zero attached hydrogens (tertiary/aromatic N) is 2. The Morgan fingerprint density at radius 3 is 2.37 bits per heavy atom. The van der Waals surface area contributed by atoms with Crippen LogP contribution < -0.4 is 0 Å². The van der Waals surface area contributed by atoms with Crippen molar-refractivity contribution >= 4 is 28.4 Å². The third kappa shape index (κ3) is 3.90. The van der Waals surface area contributed by atoms with Crippen molar-refractivity contribution < 1.29 is 8.42 Å². The fraction of sp³-hybridized carbons (Fsp3) is 0.538. The molecule has 4 nitrogen and oxygen atoms in total. The van der Waals surface area contributed by atoms with E-state index in [4.69, 9.17) is 0 Å². The van der Waals surface area contributed by atoms with Crippen LogP contribution in [0, 0.1) is 0 Å². The van der Waals surface area contributed by atoms with Gasteiger partial charge in [-0.05, 0) is 19.4 Å². The first-order chi connectivity index (χ1) is 8.88. The molecule has 1 heterocycles. The maximum atomic E-state index is 11.7. The molecule has 6 heteroatoms. The summed E-state index contributed by atoms with van der Waals surface area (Å²) < 4.78 is 25.0. The first kappa shape index (κ1) is 15.2. The maximum Gasteiger partial charge on any atom is 0.267 e. The summed E-state index contributed by atoms with van der Waals surface area (Å²) in [5.41, 5.74) is 1.27. The predicted octanol–water partition coefficient (Wildman–Crippen LogP) is 2.26. The van der Waals surface area contributed by atoms with Crippen molar-refractivity contribution in [1.82, 2.24) is 9.21 Å². The highest BCUT2D eigenvalue weighted by Gasteiger charge is 2.34. The molecule has 19 heavy (non-hydrogen) atoms. The van der Waals surface area contributed by atoms with E-state index < -0.39 is 7.19 Å². The minimum Gasteiger partial charge on any atom is -0.294 e. The third-order valence-corrected chi connectivity index (χ3v) is 6.15. The van der Waals surface area contributed by atoms with Gasteiger partial charge in [0, 0.05) is 31.7 Å². The van der Waals surface area contributed by atoms with Gasteiger partial charge in [-0.15, -0.1) is 0 Å². The van der Waals surface area contributed by atoms with Crippen LogP contribution in [-0.2, 0) is 13.7 Å². The minimum atomic E-state index is -3.13. The highest BCUT2D eigenvalue weighted by molar-refractivity contribution is 14.2. The lowest BCUT2D eigenvalue weighted by atomic mass is 10.1. The van der Waals surface area contributed by atoms with Crippen molar-refractivity contribution in [2.75, 3.05) is 13.1 Å². The molecule has 0 aliphatic carbocycles. The Morgan fingerprint density at radius 2 is 1.79 bits per heavy atom. The SMILES string of the molecule is C[C@H]1CN(S(=O)(=O)I)[C@@H](C)CN1Cc1ccccc1. The molecule has 2 atom stereocenters. The summed E-state index contributed by atoms with van der Waals surface area (Å²) in [4.78, 5) is 2.35. The number of hydrogen-bond acceptors (Lipinski definition) is 3. The van der Waals surface area contributed by atoms with Gasteiger partial charge < -0.3 is 0 Å². The average molecular weight is 394 g/mol. The smallest absolute Gasteiger partial charge is 0.267 e. The van der Waals surface area contributed by atoms with Crippen LogP contribution in [0.5, 0.6) is 0 Å². The molecule has 0 bridgehead atoms. The highest BCUT2D eigenvalue weighted by Crippen LogP contribution is 2.23. The van der Waals surface area contributed by atoms with Crippen molar-refractivity contribution in [3.05, 3.63) is 35.9 Å². The quantitative estimate of drug-likeness (QED) is 0.584. The van der Waals surface area contributed by atoms with Crippen LogP contribution in [0.2, 0.25) is 0 Å². The molecule has 2 rings (SSSR count). The van der Waals surface area contributed by atoms with Gasteiger partial charge >= 0.3 is 0 Å². The Bertz CT molecular complexity index is 521. The fourth-order valence-corrected chi connectivity index (χ4v) is 5.05. The molecule has 0 radical (unpaired) electrons. The van der Waals surface area contributed by atoms with Gasteiger partial charge in [-0.3, -0.25) is 4.90 Å². The first-order valence-corrected chi connectivity index (χ1v) is 10.4. The van der Waals surface area contributed by atoms with E-state index in [1.54, 1.807) is 4.31 Å². The molecule has 1 aromatic carbocycles. The second-order valence-electron chi connectivity index (χ2n) is 5.12. The fourth-order valence-electron chi connectivity index (χ4n) is 2.51. The molecule has 1 aromatic rings. The lowest BCUT2D eigenvalue weighted by Gasteiger charge is -2.42. The first-order valence-electron chi connectivity index (χ1n) is 6.37. The van der Waals surface area contributed by atoms with Crippen molar-refractivity contribution in [3.63, 3.8) is 0 Å². The Hall–Kier alpha value is -0.180. The van der Waals surface area contributed by atoms with E-state index in [0.717, 1.165) is 13.1 Å². The Kier molecular flexibility index (Phi) is 4.86. The van der Waals surface area contributed by atoms with E-state index in [2.05, 4.69) is 24.0 Å². The zero-order chi connectivity index (χ0) is 14.0. The largest absolute Gasteiger partial charge is 0.294 e. The van der Waals surface area contributed by atoms with E-state index in [-0.39, 0.29) is 12.1 Å². The van der Waals surface area contributed by atoms with Crippen LogP contribution in [0.15, 0.2) is 30.3 Å². The van der Waals surface area contributed by atoms with E-state index in [9.17, 15) is 8.42 Å². The van der Waals surface area contributed by atoms with E-state index in [1.807, 2.05) is 25.1 Å². The van der Waals surface area contributed by atoms with Gasteiger partial charge in [0.15, 0.2) is 0 Å². The summed E-state index contributed by atoms with van der Waals surface area (Å²) in [6.45, 7) is 6.28. The highest BCUT2D eigenvalue weighted by atomic mass is 127. The summed E-state index contributed by atoms with van der Waals surface area (Å²) >= 11 is 1.53. The zero-order valence-electron chi connectivity index (χ0n) is 11.2. The van der Waals surface area contributed by atoms with Crippen LogP contribution in [0.25, 0.3) is 0 Å². The Balaban J connectivity index is 2.07. The number of hydrogen-bond donors (Lipinski definition) is 0. The predicted molar refractivity (Wildman–Crippen MR) is 85.4 cm³/mol. The molecule has 106 valence electrons. The second kappa shape index (κ2) is 6.07. The van der Waals surface area contributed by atoms with Gasteiger partial charge in [0.05, 0.1) is 21.2 Å². The molecule has 1 aliphatic rings. The van der Waals surface area contributed by atoms with E-state index in [1.165, 1.54) is 26.8 Å². The van der Waals surface area contributed by atoms with E-state index in [0.29, 0.717) is 6.54 Å². The number of halogens is 1. The molecular formula is C13H19IN2O2S. The lowest BCUT2D eigenvalue weighted by molar-refractivity contribution is 0.0882. The van der Waals surface area contributed by atoms with Gasteiger partial charge in [0.25, 0.3) is 7.19 Å². The average Bonchev–Trinajstić information content (AvgIpc) is 2.33. The molecule has 0 unspecified atom stereocenters. The molecule has 0 N–H and O–H groups in total. The van der Waals surface area contributed by atoms with E-state index >= 15 is 0 Å². The summed E-state index contributed by atoms with van der Waals surface area (Å²) in [5.74, 6) is 0. The summed E-state index contributed by atoms with van der Waals surface area (Å²) in [6, 6.07) is 10.6. The molecule has 0 spiro atoms. The van der Waals surface area contributed by atoms with Crippen LogP contribution in [0.3, 0.4) is 0 Å². The molecule has 0 saturated carbocycles. The summed E-state index contributed by atoms with van der Waals surface area (Å²) in [5, 5.41) is 0. The van der Waals surface area contributed by atoms with Crippen molar-refractivity contribution in [1.29, 1.82) is 0 Å². The molecule has 1 saturated heterocycles. The lowest BCUT2D eigenvalue weighted by Crippen LogP contribution is -2.56. The standard InChI is InChI=1S/C13H19IN2O2S/c1-11-9-16(19(14,17)18)12(2)8-15(11)10-13-6-4-3-5-7-13/h3-7,11-12H,8-10H2,1-2H3/t11-,12-/m0/s1. The van der Waals surface area contributed by atoms with Crippen LogP contribution in [0.1, 0.15) is 19.4 Å². The maximum absolute atomic E-state index is 11.7. The second-order valence-corrected chi connectivity index (χ2v) is 9.76. The van der Waals surface area contributed by atoms with Gasteiger partial charge in [-0.2, -0.15) is 4.31 Å². The zero-order valence-corrected chi connectivity index (χ0v) is 14.1. The van der Waals surface area contributed by atoms with Crippen LogP contribution in [-0.4, -0.2) is 42.8 Å². The van der Waals surface area contributed by atoms with Gasteiger partial charge in [-0.1, -0.05) is 30.3 Å². The summed E-state index contributed by atoms with van der Waals surface area (Å²) in [6.07, 6.45) is 0. The van der Waals surface area contributed by atoms with Crippen molar-refractivity contribution in [2.24, 2.45) is 0 Å². The molecule has 1 aliphatic heterocycles. The molecule has 0 aromatic heterocycles. The number of piperazine rings is 1. The van der Waals surface area contributed by atoms with Crippen molar-refractivity contribution in [3.8, 4) is 0 Å². The van der Waals surface area contributed by atoms with Gasteiger partial charge in [-0.25, -0.2) is 8.42 Å². The Labute approximate surface area is 127 Å². The molecule has 1 fully saturated rings. The topological polar surface area (TPSA) is 40.6 Å². The van der Waals surface area contributed by atoms with Gasteiger partial charge in [0.2, 0.25) is 0 Å². The Morgan fingerprint density at radius 1 is 1.16 bits per heavy atom. The van der Waals surface area contributed by atoms with Gasteiger partial charge in [0.1, 0.15) is 0 Å². The third-order valence-electron chi connectivity index (χ3n) is 3.57. The van der Waals surface area contributed by atoms with Crippen LogP contribution >= 0.6 is 21.2 Å². The number of rotatable bonds is 3. The normalized spacial score (nSPS) is 26.5. The number of benzene rings is 1. The monoisotopic (exact) mass is 394 g/mol.